The van der Waals surface area contributed by atoms with Crippen molar-refractivity contribution in [3.05, 3.63) is 29.6 Å². The largest absolute Gasteiger partial charge is 0.317 e. The lowest BCUT2D eigenvalue weighted by Crippen LogP contribution is -2.49. The van der Waals surface area contributed by atoms with Gasteiger partial charge >= 0.3 is 0 Å². The molecule has 0 aromatic heterocycles. The average molecular weight is 300 g/mol. The Morgan fingerprint density at radius 3 is 2.70 bits per heavy atom. The minimum Gasteiger partial charge on any atom is -0.317 e. The van der Waals surface area contributed by atoms with E-state index in [0.29, 0.717) is 24.7 Å². The van der Waals surface area contributed by atoms with Crippen LogP contribution >= 0.6 is 0 Å². The lowest BCUT2D eigenvalue weighted by atomic mass is 9.96. The normalized spacial score (nSPS) is 24.8. The standard InChI is InChI=1S/C14H21FN2O2S/c1-10-4-5-12(15)8-14(10)20(18,19)17-7-6-13(16-3)11(2)9-17/h4-5,8,11,13,16H,6-7,9H2,1-3H3. The van der Waals surface area contributed by atoms with Gasteiger partial charge in [0.1, 0.15) is 5.82 Å². The predicted octanol–water partition coefficient (Wildman–Crippen LogP) is 1.75. The van der Waals surface area contributed by atoms with Gasteiger partial charge in [-0.25, -0.2) is 12.8 Å². The lowest BCUT2D eigenvalue weighted by Gasteiger charge is -2.36. The zero-order chi connectivity index (χ0) is 14.9. The second-order valence-corrected chi connectivity index (χ2v) is 7.34. The first-order chi connectivity index (χ1) is 9.36. The molecule has 1 heterocycles. The molecule has 0 spiro atoms. The van der Waals surface area contributed by atoms with E-state index in [0.717, 1.165) is 12.5 Å². The van der Waals surface area contributed by atoms with Crippen LogP contribution in [0.25, 0.3) is 0 Å². The maximum atomic E-state index is 13.3. The quantitative estimate of drug-likeness (QED) is 0.925. The summed E-state index contributed by atoms with van der Waals surface area (Å²) >= 11 is 0. The number of halogens is 1. The van der Waals surface area contributed by atoms with Crippen molar-refractivity contribution in [2.45, 2.75) is 31.2 Å². The van der Waals surface area contributed by atoms with Crippen LogP contribution in [0, 0.1) is 18.7 Å². The Balaban J connectivity index is 2.30. The Morgan fingerprint density at radius 1 is 1.40 bits per heavy atom. The van der Waals surface area contributed by atoms with Crippen molar-refractivity contribution in [2.75, 3.05) is 20.1 Å². The molecule has 2 atom stereocenters. The molecular formula is C14H21FN2O2S. The van der Waals surface area contributed by atoms with Gasteiger partial charge < -0.3 is 5.32 Å². The minimum absolute atomic E-state index is 0.0765. The summed E-state index contributed by atoms with van der Waals surface area (Å²) in [7, 11) is -1.72. The molecule has 0 radical (unpaired) electrons. The summed E-state index contributed by atoms with van der Waals surface area (Å²) in [6.07, 6.45) is 0.769. The first kappa shape index (κ1) is 15.4. The summed E-state index contributed by atoms with van der Waals surface area (Å²) in [5, 5.41) is 3.20. The molecule has 2 unspecified atom stereocenters. The van der Waals surface area contributed by atoms with Gasteiger partial charge in [0.15, 0.2) is 0 Å². The fraction of sp³-hybridized carbons (Fsp3) is 0.571. The highest BCUT2D eigenvalue weighted by molar-refractivity contribution is 7.89. The molecule has 1 fully saturated rings. The van der Waals surface area contributed by atoms with Gasteiger partial charge in [0, 0.05) is 19.1 Å². The zero-order valence-electron chi connectivity index (χ0n) is 12.1. The molecule has 0 amide bonds. The van der Waals surface area contributed by atoms with Crippen LogP contribution in [0.5, 0.6) is 0 Å². The number of hydrogen-bond acceptors (Lipinski definition) is 3. The Morgan fingerprint density at radius 2 is 2.10 bits per heavy atom. The van der Waals surface area contributed by atoms with Crippen LogP contribution in [0.2, 0.25) is 0 Å². The van der Waals surface area contributed by atoms with Crippen molar-refractivity contribution in [2.24, 2.45) is 5.92 Å². The maximum absolute atomic E-state index is 13.3. The second-order valence-electron chi connectivity index (χ2n) is 5.43. The topological polar surface area (TPSA) is 49.4 Å². The van der Waals surface area contributed by atoms with E-state index in [-0.39, 0.29) is 10.8 Å². The summed E-state index contributed by atoms with van der Waals surface area (Å²) in [6.45, 7) is 4.65. The van der Waals surface area contributed by atoms with Gasteiger partial charge in [0.05, 0.1) is 4.90 Å². The summed E-state index contributed by atoms with van der Waals surface area (Å²) in [4.78, 5) is 0.0765. The third kappa shape index (κ3) is 2.87. The monoisotopic (exact) mass is 300 g/mol. The highest BCUT2D eigenvalue weighted by Crippen LogP contribution is 2.26. The van der Waals surface area contributed by atoms with E-state index in [4.69, 9.17) is 0 Å². The van der Waals surface area contributed by atoms with Gasteiger partial charge in [-0.3, -0.25) is 0 Å². The average Bonchev–Trinajstić information content (AvgIpc) is 2.41. The van der Waals surface area contributed by atoms with E-state index in [2.05, 4.69) is 5.32 Å². The van der Waals surface area contributed by atoms with Crippen LogP contribution in [0.3, 0.4) is 0 Å². The molecule has 1 N–H and O–H groups in total. The molecule has 112 valence electrons. The van der Waals surface area contributed by atoms with Crippen LogP contribution < -0.4 is 5.32 Å². The fourth-order valence-corrected chi connectivity index (χ4v) is 4.54. The number of rotatable bonds is 3. The Labute approximate surface area is 120 Å². The molecule has 20 heavy (non-hydrogen) atoms. The van der Waals surface area contributed by atoms with E-state index in [1.807, 2.05) is 14.0 Å². The fourth-order valence-electron chi connectivity index (χ4n) is 2.75. The highest BCUT2D eigenvalue weighted by atomic mass is 32.2. The lowest BCUT2D eigenvalue weighted by molar-refractivity contribution is 0.228. The van der Waals surface area contributed by atoms with Gasteiger partial charge in [0.2, 0.25) is 10.0 Å². The number of piperidine rings is 1. The number of sulfonamides is 1. The molecule has 0 bridgehead atoms. The predicted molar refractivity (Wildman–Crippen MR) is 76.5 cm³/mol. The highest BCUT2D eigenvalue weighted by Gasteiger charge is 2.33. The first-order valence-corrected chi connectivity index (χ1v) is 8.24. The molecular weight excluding hydrogens is 279 g/mol. The van der Waals surface area contributed by atoms with Crippen molar-refractivity contribution in [3.63, 3.8) is 0 Å². The molecule has 4 nitrogen and oxygen atoms in total. The molecule has 6 heteroatoms. The SMILES string of the molecule is CNC1CCN(S(=O)(=O)c2cc(F)ccc2C)CC1C. The molecule has 1 aromatic carbocycles. The van der Waals surface area contributed by atoms with Gasteiger partial charge in [-0.05, 0) is 44.0 Å². The van der Waals surface area contributed by atoms with E-state index in [1.165, 1.54) is 16.4 Å². The van der Waals surface area contributed by atoms with Gasteiger partial charge in [-0.15, -0.1) is 0 Å². The Kier molecular flexibility index (Phi) is 4.46. The van der Waals surface area contributed by atoms with E-state index in [1.54, 1.807) is 6.92 Å². The minimum atomic E-state index is -3.61. The number of nitrogens with one attached hydrogen (secondary N) is 1. The Bertz CT molecular complexity index is 589. The molecule has 1 aliphatic heterocycles. The van der Waals surface area contributed by atoms with Crippen LogP contribution in [-0.2, 0) is 10.0 Å². The van der Waals surface area contributed by atoms with Gasteiger partial charge in [-0.2, -0.15) is 4.31 Å². The second kappa shape index (κ2) is 5.79. The van der Waals surface area contributed by atoms with Crippen LogP contribution in [-0.4, -0.2) is 38.9 Å². The van der Waals surface area contributed by atoms with Crippen molar-refractivity contribution in [1.82, 2.24) is 9.62 Å². The van der Waals surface area contributed by atoms with E-state index < -0.39 is 15.8 Å². The molecule has 1 aliphatic rings. The maximum Gasteiger partial charge on any atom is 0.243 e. The summed E-state index contributed by atoms with van der Waals surface area (Å²) in [6, 6.07) is 4.23. The van der Waals surface area contributed by atoms with Crippen molar-refractivity contribution >= 4 is 10.0 Å². The number of hydrogen-bond donors (Lipinski definition) is 1. The van der Waals surface area contributed by atoms with Gasteiger partial charge in [0.25, 0.3) is 0 Å². The molecule has 1 saturated heterocycles. The third-order valence-corrected chi connectivity index (χ3v) is 6.01. The number of benzene rings is 1. The van der Waals surface area contributed by atoms with Crippen LogP contribution in [0.15, 0.2) is 23.1 Å². The first-order valence-electron chi connectivity index (χ1n) is 6.80. The van der Waals surface area contributed by atoms with Crippen LogP contribution in [0.4, 0.5) is 4.39 Å². The number of aryl methyl sites for hydroxylation is 1. The van der Waals surface area contributed by atoms with E-state index in [9.17, 15) is 12.8 Å². The molecule has 0 saturated carbocycles. The third-order valence-electron chi connectivity index (χ3n) is 4.01. The smallest absolute Gasteiger partial charge is 0.243 e. The van der Waals surface area contributed by atoms with Crippen LogP contribution in [0.1, 0.15) is 18.9 Å². The number of nitrogens with zero attached hydrogens (tertiary/aromatic N) is 1. The van der Waals surface area contributed by atoms with Gasteiger partial charge in [-0.1, -0.05) is 13.0 Å². The zero-order valence-corrected chi connectivity index (χ0v) is 12.9. The summed E-state index contributed by atoms with van der Waals surface area (Å²) in [5.74, 6) is -0.287. The summed E-state index contributed by atoms with van der Waals surface area (Å²) < 4.78 is 40.1. The molecule has 0 aliphatic carbocycles. The van der Waals surface area contributed by atoms with Crippen molar-refractivity contribution in [3.8, 4) is 0 Å². The summed E-state index contributed by atoms with van der Waals surface area (Å²) in [5.41, 5.74) is 0.579. The van der Waals surface area contributed by atoms with Crippen molar-refractivity contribution < 1.29 is 12.8 Å². The van der Waals surface area contributed by atoms with E-state index >= 15 is 0 Å². The Hall–Kier alpha value is -0.980. The van der Waals surface area contributed by atoms with Crippen molar-refractivity contribution in [1.29, 1.82) is 0 Å². The molecule has 1 aromatic rings. The molecule has 2 rings (SSSR count).